The van der Waals surface area contributed by atoms with Gasteiger partial charge in [-0.25, -0.2) is 9.50 Å². The molecule has 1 aromatic carbocycles. The fraction of sp³-hybridized carbons (Fsp3) is 0.190. The van der Waals surface area contributed by atoms with Gasteiger partial charge in [0.1, 0.15) is 10.0 Å². The molecule has 0 saturated heterocycles. The fourth-order valence-corrected chi connectivity index (χ4v) is 5.10. The number of carbonyl (C=O) groups excluding carboxylic acids is 1. The first-order valence-electron chi connectivity index (χ1n) is 9.31. The summed E-state index contributed by atoms with van der Waals surface area (Å²) >= 11 is 7.63. The first-order chi connectivity index (χ1) is 14.1. The smallest absolute Gasteiger partial charge is 0.281 e. The Bertz CT molecular complexity index is 1230. The summed E-state index contributed by atoms with van der Waals surface area (Å²) in [7, 11) is 0. The molecule has 6 nitrogen and oxygen atoms in total. The number of nitrogens with zero attached hydrogens (tertiary/aromatic N) is 3. The van der Waals surface area contributed by atoms with Crippen molar-refractivity contribution in [2.45, 2.75) is 18.4 Å². The van der Waals surface area contributed by atoms with Gasteiger partial charge in [-0.05, 0) is 36.1 Å². The number of hydrogen-bond acceptors (Lipinski definition) is 5. The molecule has 1 atom stereocenters. The summed E-state index contributed by atoms with van der Waals surface area (Å²) in [4.78, 5) is 17.6. The molecular formula is C21H18ClN5OS. The molecule has 0 aliphatic heterocycles. The highest BCUT2D eigenvalue weighted by Crippen LogP contribution is 2.38. The topological polar surface area (TPSA) is 85.3 Å². The summed E-state index contributed by atoms with van der Waals surface area (Å²) in [6.45, 7) is 0.329. The Labute approximate surface area is 176 Å². The van der Waals surface area contributed by atoms with E-state index in [0.29, 0.717) is 21.6 Å². The van der Waals surface area contributed by atoms with Crippen LogP contribution < -0.4 is 11.1 Å². The number of rotatable bonds is 4. The lowest BCUT2D eigenvalue weighted by Crippen LogP contribution is -2.49. The zero-order valence-electron chi connectivity index (χ0n) is 15.4. The van der Waals surface area contributed by atoms with E-state index in [4.69, 9.17) is 17.3 Å². The van der Waals surface area contributed by atoms with Gasteiger partial charge in [0.05, 0.1) is 17.3 Å². The second-order valence-corrected chi connectivity index (χ2v) is 8.73. The number of thiazole rings is 1. The van der Waals surface area contributed by atoms with Crippen LogP contribution in [0.2, 0.25) is 4.34 Å². The first kappa shape index (κ1) is 18.3. The van der Waals surface area contributed by atoms with Crippen molar-refractivity contribution >= 4 is 34.4 Å². The van der Waals surface area contributed by atoms with Gasteiger partial charge in [0.15, 0.2) is 5.01 Å². The predicted molar refractivity (Wildman–Crippen MR) is 114 cm³/mol. The van der Waals surface area contributed by atoms with E-state index in [9.17, 15) is 4.79 Å². The summed E-state index contributed by atoms with van der Waals surface area (Å²) < 4.78 is 2.21. The molecule has 3 heterocycles. The third kappa shape index (κ3) is 2.93. The van der Waals surface area contributed by atoms with Crippen molar-refractivity contribution in [3.8, 4) is 11.3 Å². The Balaban J connectivity index is 1.48. The van der Waals surface area contributed by atoms with E-state index in [0.717, 1.165) is 29.5 Å². The Kier molecular flexibility index (Phi) is 4.38. The highest BCUT2D eigenvalue weighted by atomic mass is 35.5. The van der Waals surface area contributed by atoms with Gasteiger partial charge >= 0.3 is 0 Å². The van der Waals surface area contributed by atoms with Gasteiger partial charge in [0.25, 0.3) is 5.91 Å². The molecule has 1 unspecified atom stereocenters. The monoisotopic (exact) mass is 423 g/mol. The number of hydrogen-bond donors (Lipinski definition) is 2. The standard InChI is InChI=1S/C21H18ClN5OS/c22-18-17(14-11-24-27-10-4-3-7-16(14)27)25-20(29-18)19(28)26-21(12-23)9-8-13-5-1-2-6-15(13)21/h1-7,10-11H,8-9,12,23H2,(H,26,28). The van der Waals surface area contributed by atoms with Gasteiger partial charge in [-0.3, -0.25) is 4.79 Å². The van der Waals surface area contributed by atoms with E-state index in [1.54, 1.807) is 10.7 Å². The molecule has 0 radical (unpaired) electrons. The highest BCUT2D eigenvalue weighted by molar-refractivity contribution is 7.18. The Hall–Kier alpha value is -2.74. The van der Waals surface area contributed by atoms with E-state index in [1.165, 1.54) is 16.9 Å². The maximum Gasteiger partial charge on any atom is 0.281 e. The third-order valence-corrected chi connectivity index (χ3v) is 6.77. The van der Waals surface area contributed by atoms with Gasteiger partial charge in [0, 0.05) is 18.3 Å². The van der Waals surface area contributed by atoms with Crippen molar-refractivity contribution in [2.24, 2.45) is 5.73 Å². The first-order valence-corrected chi connectivity index (χ1v) is 10.5. The number of nitrogens with one attached hydrogen (secondary N) is 1. The third-order valence-electron chi connectivity index (χ3n) is 5.52. The number of amides is 1. The highest BCUT2D eigenvalue weighted by Gasteiger charge is 2.39. The number of aryl methyl sites for hydroxylation is 1. The molecule has 4 aromatic rings. The van der Waals surface area contributed by atoms with Crippen LogP contribution in [0, 0.1) is 0 Å². The van der Waals surface area contributed by atoms with Crippen LogP contribution in [-0.2, 0) is 12.0 Å². The number of nitrogens with two attached hydrogens (primary N) is 1. The Morgan fingerprint density at radius 1 is 1.28 bits per heavy atom. The van der Waals surface area contributed by atoms with Gasteiger partial charge in [-0.1, -0.05) is 53.3 Å². The maximum absolute atomic E-state index is 13.1. The minimum atomic E-state index is -0.573. The summed E-state index contributed by atoms with van der Waals surface area (Å²) in [5.41, 5.74) is 10.1. The number of aromatic nitrogens is 3. The molecule has 1 aliphatic rings. The van der Waals surface area contributed by atoms with Crippen molar-refractivity contribution in [1.29, 1.82) is 0 Å². The summed E-state index contributed by atoms with van der Waals surface area (Å²) in [6.07, 6.45) is 5.23. The van der Waals surface area contributed by atoms with E-state index < -0.39 is 5.54 Å². The molecule has 29 heavy (non-hydrogen) atoms. The number of halogens is 1. The van der Waals surface area contributed by atoms with Crippen LogP contribution in [0.25, 0.3) is 16.8 Å². The van der Waals surface area contributed by atoms with E-state index in [-0.39, 0.29) is 5.91 Å². The Morgan fingerprint density at radius 3 is 2.97 bits per heavy atom. The lowest BCUT2D eigenvalue weighted by atomic mass is 9.92. The average Bonchev–Trinajstić information content (AvgIpc) is 3.44. The minimum Gasteiger partial charge on any atom is -0.339 e. The fourth-order valence-electron chi connectivity index (χ4n) is 4.03. The molecule has 5 rings (SSSR count). The van der Waals surface area contributed by atoms with E-state index >= 15 is 0 Å². The molecule has 1 aliphatic carbocycles. The van der Waals surface area contributed by atoms with Crippen LogP contribution in [0.5, 0.6) is 0 Å². The molecular weight excluding hydrogens is 406 g/mol. The molecule has 0 fully saturated rings. The van der Waals surface area contributed by atoms with Crippen LogP contribution in [-0.4, -0.2) is 27.0 Å². The van der Waals surface area contributed by atoms with Crippen molar-refractivity contribution in [3.05, 3.63) is 75.3 Å². The largest absolute Gasteiger partial charge is 0.339 e. The summed E-state index contributed by atoms with van der Waals surface area (Å²) in [5.74, 6) is -0.262. The van der Waals surface area contributed by atoms with Crippen LogP contribution in [0.4, 0.5) is 0 Å². The average molecular weight is 424 g/mol. The normalized spacial score (nSPS) is 18.1. The Morgan fingerprint density at radius 2 is 2.10 bits per heavy atom. The minimum absolute atomic E-state index is 0.262. The molecule has 0 bridgehead atoms. The predicted octanol–water partition coefficient (Wildman–Crippen LogP) is 3.64. The number of fused-ring (bicyclic) bond motifs is 2. The maximum atomic E-state index is 13.1. The second kappa shape index (κ2) is 6.95. The SMILES string of the molecule is NCC1(NC(=O)c2nc(-c3cnn4ccccc34)c(Cl)s2)CCc2ccccc21. The zero-order valence-corrected chi connectivity index (χ0v) is 17.0. The van der Waals surface area contributed by atoms with Gasteiger partial charge in [-0.15, -0.1) is 0 Å². The summed E-state index contributed by atoms with van der Waals surface area (Å²) in [5, 5.41) is 7.79. The molecule has 3 aromatic heterocycles. The molecule has 0 saturated carbocycles. The number of carbonyl (C=O) groups is 1. The lowest BCUT2D eigenvalue weighted by Gasteiger charge is -2.30. The van der Waals surface area contributed by atoms with E-state index in [2.05, 4.69) is 21.5 Å². The van der Waals surface area contributed by atoms with Crippen molar-refractivity contribution in [2.75, 3.05) is 6.54 Å². The second-order valence-electron chi connectivity index (χ2n) is 7.13. The van der Waals surface area contributed by atoms with Gasteiger partial charge in [-0.2, -0.15) is 5.10 Å². The van der Waals surface area contributed by atoms with Crippen molar-refractivity contribution < 1.29 is 4.79 Å². The molecule has 1 amide bonds. The quantitative estimate of drug-likeness (QED) is 0.524. The molecule has 146 valence electrons. The van der Waals surface area contributed by atoms with Gasteiger partial charge < -0.3 is 11.1 Å². The zero-order chi connectivity index (χ0) is 20.0. The molecule has 3 N–H and O–H groups in total. The van der Waals surface area contributed by atoms with Crippen LogP contribution in [0.3, 0.4) is 0 Å². The van der Waals surface area contributed by atoms with Crippen LogP contribution in [0.15, 0.2) is 54.9 Å². The number of pyridine rings is 1. The van der Waals surface area contributed by atoms with Crippen molar-refractivity contribution in [3.63, 3.8) is 0 Å². The van der Waals surface area contributed by atoms with Crippen LogP contribution in [0.1, 0.15) is 27.3 Å². The lowest BCUT2D eigenvalue weighted by molar-refractivity contribution is 0.0899. The molecule has 8 heteroatoms. The molecule has 0 spiro atoms. The van der Waals surface area contributed by atoms with Crippen LogP contribution >= 0.6 is 22.9 Å². The van der Waals surface area contributed by atoms with Gasteiger partial charge in [0.2, 0.25) is 0 Å². The van der Waals surface area contributed by atoms with E-state index in [1.807, 2.05) is 42.6 Å². The summed E-state index contributed by atoms with van der Waals surface area (Å²) in [6, 6.07) is 13.9. The number of benzene rings is 1. The van der Waals surface area contributed by atoms with Crippen molar-refractivity contribution in [1.82, 2.24) is 19.9 Å².